The van der Waals surface area contributed by atoms with Crippen LogP contribution in [0.25, 0.3) is 0 Å². The zero-order chi connectivity index (χ0) is 13.3. The lowest BCUT2D eigenvalue weighted by atomic mass is 9.90. The van der Waals surface area contributed by atoms with E-state index in [0.717, 1.165) is 18.6 Å². The molecule has 0 aromatic heterocycles. The highest BCUT2D eigenvalue weighted by atomic mass is 19.1. The lowest BCUT2D eigenvalue weighted by Gasteiger charge is -2.22. The number of benzene rings is 1. The number of nitrogens with two attached hydrogens (primary N) is 1. The molecule has 0 radical (unpaired) electrons. The van der Waals surface area contributed by atoms with Gasteiger partial charge in [-0.05, 0) is 30.5 Å². The molecule has 18 heavy (non-hydrogen) atoms. The second-order valence-corrected chi connectivity index (χ2v) is 5.12. The number of amides is 1. The van der Waals surface area contributed by atoms with E-state index in [1.165, 1.54) is 6.07 Å². The third-order valence-corrected chi connectivity index (χ3v) is 3.50. The minimum absolute atomic E-state index is 0.0855. The topological polar surface area (TPSA) is 46.3 Å². The summed E-state index contributed by atoms with van der Waals surface area (Å²) in [4.78, 5) is 13.7. The van der Waals surface area contributed by atoms with Crippen molar-refractivity contribution >= 4 is 5.91 Å². The van der Waals surface area contributed by atoms with Crippen LogP contribution in [0.3, 0.4) is 0 Å². The fraction of sp³-hybridized carbons (Fsp3) is 0.462. The Morgan fingerprint density at radius 3 is 2.78 bits per heavy atom. The number of likely N-dealkylation sites (tertiary alicyclic amines) is 1. The molecule has 0 bridgehead atoms. The van der Waals surface area contributed by atoms with Gasteiger partial charge >= 0.3 is 0 Å². The van der Waals surface area contributed by atoms with Crippen molar-refractivity contribution in [2.75, 3.05) is 19.6 Å². The summed E-state index contributed by atoms with van der Waals surface area (Å²) in [5.74, 6) is -1.90. The standard InChI is InChI=1S/C13H16F2N2O/c1-13(7-16)4-5-17(8-13)12(18)10-3-2-9(14)6-11(10)15/h2-3,6H,4-5,7-8,16H2,1H3. The predicted molar refractivity (Wildman–Crippen MR) is 64.0 cm³/mol. The molecule has 0 saturated carbocycles. The van der Waals surface area contributed by atoms with Crippen molar-refractivity contribution in [3.05, 3.63) is 35.4 Å². The number of hydrogen-bond acceptors (Lipinski definition) is 2. The Labute approximate surface area is 105 Å². The Balaban J connectivity index is 2.18. The summed E-state index contributed by atoms with van der Waals surface area (Å²) >= 11 is 0. The highest BCUT2D eigenvalue weighted by Gasteiger charge is 2.35. The van der Waals surface area contributed by atoms with Crippen molar-refractivity contribution in [1.82, 2.24) is 4.90 Å². The Kier molecular flexibility index (Phi) is 3.34. The van der Waals surface area contributed by atoms with Crippen LogP contribution >= 0.6 is 0 Å². The van der Waals surface area contributed by atoms with Crippen LogP contribution in [0.1, 0.15) is 23.7 Å². The molecule has 1 aliphatic heterocycles. The molecule has 2 N–H and O–H groups in total. The van der Waals surface area contributed by atoms with Crippen molar-refractivity contribution < 1.29 is 13.6 Å². The van der Waals surface area contributed by atoms with Crippen molar-refractivity contribution in [2.24, 2.45) is 11.1 Å². The van der Waals surface area contributed by atoms with E-state index in [4.69, 9.17) is 5.73 Å². The van der Waals surface area contributed by atoms with Gasteiger partial charge in [0.1, 0.15) is 11.6 Å². The maximum atomic E-state index is 13.5. The predicted octanol–water partition coefficient (Wildman–Crippen LogP) is 1.78. The fourth-order valence-electron chi connectivity index (χ4n) is 2.20. The quantitative estimate of drug-likeness (QED) is 0.874. The monoisotopic (exact) mass is 254 g/mol. The van der Waals surface area contributed by atoms with E-state index in [1.54, 1.807) is 4.90 Å². The molecule has 1 heterocycles. The summed E-state index contributed by atoms with van der Waals surface area (Å²) in [7, 11) is 0. The molecule has 1 fully saturated rings. The summed E-state index contributed by atoms with van der Waals surface area (Å²) in [5.41, 5.74) is 5.47. The van der Waals surface area contributed by atoms with Crippen LogP contribution in [-0.4, -0.2) is 30.4 Å². The molecule has 1 aromatic carbocycles. The van der Waals surface area contributed by atoms with E-state index >= 15 is 0 Å². The molecule has 5 heteroatoms. The lowest BCUT2D eigenvalue weighted by molar-refractivity contribution is 0.0772. The van der Waals surface area contributed by atoms with E-state index in [1.807, 2.05) is 6.92 Å². The van der Waals surface area contributed by atoms with Crippen molar-refractivity contribution in [3.63, 3.8) is 0 Å². The third-order valence-electron chi connectivity index (χ3n) is 3.50. The first-order valence-corrected chi connectivity index (χ1v) is 5.90. The number of halogens is 2. The maximum absolute atomic E-state index is 13.5. The molecule has 1 aromatic rings. The molecule has 1 atom stereocenters. The second-order valence-electron chi connectivity index (χ2n) is 5.12. The van der Waals surface area contributed by atoms with Crippen molar-refractivity contribution in [3.8, 4) is 0 Å². The van der Waals surface area contributed by atoms with E-state index < -0.39 is 17.5 Å². The third kappa shape index (κ3) is 2.36. The van der Waals surface area contributed by atoms with Crippen LogP contribution in [0, 0.1) is 17.0 Å². The average Bonchev–Trinajstić information content (AvgIpc) is 2.72. The number of nitrogens with zero attached hydrogens (tertiary/aromatic N) is 1. The highest BCUT2D eigenvalue weighted by molar-refractivity contribution is 5.94. The van der Waals surface area contributed by atoms with Gasteiger partial charge in [-0.25, -0.2) is 8.78 Å². The second kappa shape index (κ2) is 4.65. The summed E-state index contributed by atoms with van der Waals surface area (Å²) in [6.07, 6.45) is 0.804. The summed E-state index contributed by atoms with van der Waals surface area (Å²) < 4.78 is 26.3. The average molecular weight is 254 g/mol. The minimum Gasteiger partial charge on any atom is -0.338 e. The molecular formula is C13H16F2N2O. The largest absolute Gasteiger partial charge is 0.338 e. The molecular weight excluding hydrogens is 238 g/mol. The first kappa shape index (κ1) is 13.0. The number of hydrogen-bond donors (Lipinski definition) is 1. The Morgan fingerprint density at radius 1 is 1.50 bits per heavy atom. The van der Waals surface area contributed by atoms with Crippen LogP contribution in [0.2, 0.25) is 0 Å². The van der Waals surface area contributed by atoms with Gasteiger partial charge in [-0.2, -0.15) is 0 Å². The van der Waals surface area contributed by atoms with Gasteiger partial charge in [0.2, 0.25) is 0 Å². The molecule has 3 nitrogen and oxygen atoms in total. The van der Waals surface area contributed by atoms with Crippen LogP contribution in [0.4, 0.5) is 8.78 Å². The van der Waals surface area contributed by atoms with Gasteiger partial charge < -0.3 is 10.6 Å². The summed E-state index contributed by atoms with van der Waals surface area (Å²) in [6.45, 7) is 3.56. The van der Waals surface area contributed by atoms with E-state index in [2.05, 4.69) is 0 Å². The molecule has 0 aliphatic carbocycles. The highest BCUT2D eigenvalue weighted by Crippen LogP contribution is 2.29. The first-order valence-electron chi connectivity index (χ1n) is 5.90. The van der Waals surface area contributed by atoms with Gasteiger partial charge in [0.15, 0.2) is 0 Å². The van der Waals surface area contributed by atoms with Crippen LogP contribution in [0.15, 0.2) is 18.2 Å². The van der Waals surface area contributed by atoms with E-state index in [9.17, 15) is 13.6 Å². The van der Waals surface area contributed by atoms with Crippen molar-refractivity contribution in [2.45, 2.75) is 13.3 Å². The Morgan fingerprint density at radius 2 is 2.22 bits per heavy atom. The zero-order valence-electron chi connectivity index (χ0n) is 10.2. The first-order chi connectivity index (χ1) is 8.45. The zero-order valence-corrected chi connectivity index (χ0v) is 10.2. The van der Waals surface area contributed by atoms with Gasteiger partial charge in [0.05, 0.1) is 5.56 Å². The van der Waals surface area contributed by atoms with Crippen LogP contribution < -0.4 is 5.73 Å². The number of rotatable bonds is 2. The number of carbonyl (C=O) groups excluding carboxylic acids is 1. The summed E-state index contributed by atoms with van der Waals surface area (Å²) in [5, 5.41) is 0. The van der Waals surface area contributed by atoms with E-state index in [-0.39, 0.29) is 11.0 Å². The lowest BCUT2D eigenvalue weighted by Crippen LogP contribution is -2.34. The molecule has 2 rings (SSSR count). The smallest absolute Gasteiger partial charge is 0.256 e. The molecule has 1 unspecified atom stereocenters. The SMILES string of the molecule is CC1(CN)CCN(C(=O)c2ccc(F)cc2F)C1. The molecule has 98 valence electrons. The Bertz CT molecular complexity index is 478. The molecule has 1 saturated heterocycles. The van der Waals surface area contributed by atoms with Crippen LogP contribution in [0.5, 0.6) is 0 Å². The number of carbonyl (C=O) groups is 1. The molecule has 0 spiro atoms. The van der Waals surface area contributed by atoms with Gasteiger partial charge in [-0.15, -0.1) is 0 Å². The van der Waals surface area contributed by atoms with Gasteiger partial charge in [-0.3, -0.25) is 4.79 Å². The fourth-order valence-corrected chi connectivity index (χ4v) is 2.20. The summed E-state index contributed by atoms with van der Waals surface area (Å²) in [6, 6.07) is 3.01. The van der Waals surface area contributed by atoms with Crippen LogP contribution in [-0.2, 0) is 0 Å². The molecule has 1 aliphatic rings. The van der Waals surface area contributed by atoms with E-state index in [0.29, 0.717) is 19.6 Å². The van der Waals surface area contributed by atoms with Gasteiger partial charge in [0.25, 0.3) is 5.91 Å². The Hall–Kier alpha value is -1.49. The molecule has 1 amide bonds. The van der Waals surface area contributed by atoms with Crippen molar-refractivity contribution in [1.29, 1.82) is 0 Å². The van der Waals surface area contributed by atoms with Gasteiger partial charge in [0, 0.05) is 19.2 Å². The maximum Gasteiger partial charge on any atom is 0.256 e. The normalized spacial score (nSPS) is 23.4. The minimum atomic E-state index is -0.818. The van der Waals surface area contributed by atoms with Gasteiger partial charge in [-0.1, -0.05) is 6.92 Å².